The van der Waals surface area contributed by atoms with Crippen LogP contribution in [0.15, 0.2) is 54.7 Å². The molecule has 0 unspecified atom stereocenters. The van der Waals surface area contributed by atoms with Crippen LogP contribution < -0.4 is 0 Å². The summed E-state index contributed by atoms with van der Waals surface area (Å²) < 4.78 is 10.9. The molecule has 4 rings (SSSR count). The molecule has 3 atom stereocenters. The van der Waals surface area contributed by atoms with Crippen molar-refractivity contribution in [3.8, 4) is 0 Å². The molecule has 7 heteroatoms. The van der Waals surface area contributed by atoms with Gasteiger partial charge in [0.1, 0.15) is 11.6 Å². The number of fused-ring (bicyclic) bond motifs is 1. The fourth-order valence-electron chi connectivity index (χ4n) is 4.75. The molecule has 2 saturated heterocycles. The van der Waals surface area contributed by atoms with Gasteiger partial charge in [-0.15, -0.1) is 0 Å². The molecular weight excluding hydrogens is 396 g/mol. The van der Waals surface area contributed by atoms with E-state index in [1.54, 1.807) is 42.6 Å². The number of pyridine rings is 1. The van der Waals surface area contributed by atoms with Crippen molar-refractivity contribution in [2.75, 3.05) is 13.7 Å². The molecule has 0 radical (unpaired) electrons. The monoisotopic (exact) mass is 422 g/mol. The first-order chi connectivity index (χ1) is 14.9. The maximum atomic E-state index is 14.2. The predicted molar refractivity (Wildman–Crippen MR) is 112 cm³/mol. The average molecular weight is 422 g/mol. The number of nitrogens with zero attached hydrogens (tertiary/aromatic N) is 2. The van der Waals surface area contributed by atoms with Gasteiger partial charge in [-0.2, -0.15) is 0 Å². The van der Waals surface area contributed by atoms with Gasteiger partial charge in [-0.25, -0.2) is 4.79 Å². The molecule has 7 nitrogen and oxygen atoms in total. The number of benzene rings is 1. The third-order valence-corrected chi connectivity index (χ3v) is 6.17. The Bertz CT molecular complexity index is 994. The Morgan fingerprint density at radius 1 is 1.19 bits per heavy atom. The van der Waals surface area contributed by atoms with E-state index in [0.29, 0.717) is 17.7 Å². The van der Waals surface area contributed by atoms with E-state index in [0.717, 1.165) is 0 Å². The lowest BCUT2D eigenvalue weighted by molar-refractivity contribution is -0.158. The number of amides is 1. The van der Waals surface area contributed by atoms with Crippen LogP contribution in [0.5, 0.6) is 0 Å². The van der Waals surface area contributed by atoms with E-state index in [1.807, 2.05) is 26.0 Å². The molecule has 2 aromatic rings. The van der Waals surface area contributed by atoms with E-state index < -0.39 is 34.8 Å². The van der Waals surface area contributed by atoms with Crippen molar-refractivity contribution in [1.82, 2.24) is 9.88 Å². The molecule has 2 fully saturated rings. The smallest absolute Gasteiger partial charge is 0.342 e. The summed E-state index contributed by atoms with van der Waals surface area (Å²) in [4.78, 5) is 47.1. The molecular formula is C24H26N2O5. The molecule has 2 aliphatic heterocycles. The van der Waals surface area contributed by atoms with Gasteiger partial charge in [0, 0.05) is 18.3 Å². The average Bonchev–Trinajstić information content (AvgIpc) is 3.24. The zero-order valence-electron chi connectivity index (χ0n) is 17.9. The zero-order valence-corrected chi connectivity index (χ0v) is 17.9. The summed E-state index contributed by atoms with van der Waals surface area (Å²) >= 11 is 0. The number of ether oxygens (including phenoxy) is 2. The number of carbonyl (C=O) groups excluding carboxylic acids is 3. The minimum Gasteiger partial charge on any atom is -0.467 e. The van der Waals surface area contributed by atoms with Gasteiger partial charge in [0.05, 0.1) is 13.7 Å². The lowest BCUT2D eigenvalue weighted by Gasteiger charge is -2.29. The van der Waals surface area contributed by atoms with Gasteiger partial charge in [0.25, 0.3) is 0 Å². The topological polar surface area (TPSA) is 85.8 Å². The van der Waals surface area contributed by atoms with Crippen molar-refractivity contribution in [3.05, 3.63) is 66.0 Å². The predicted octanol–water partition coefficient (Wildman–Crippen LogP) is 2.29. The molecule has 31 heavy (non-hydrogen) atoms. The minimum atomic E-state index is -1.80. The van der Waals surface area contributed by atoms with Crippen LogP contribution in [0.3, 0.4) is 0 Å². The first kappa shape index (κ1) is 21.2. The quantitative estimate of drug-likeness (QED) is 0.525. The van der Waals surface area contributed by atoms with Crippen molar-refractivity contribution in [3.63, 3.8) is 0 Å². The second kappa shape index (κ2) is 7.89. The van der Waals surface area contributed by atoms with Crippen LogP contribution in [-0.4, -0.2) is 53.0 Å². The first-order valence-corrected chi connectivity index (χ1v) is 10.4. The SMILES string of the molecule is COC(=O)[C@]12CO[C@H](CC(C)C)N1C(=O)[C@@](Cc1ccccn1)(c1ccccc1)C2=O. The third kappa shape index (κ3) is 3.07. The molecule has 0 spiro atoms. The lowest BCUT2D eigenvalue weighted by Crippen LogP contribution is -2.56. The fraction of sp³-hybridized carbons (Fsp3) is 0.417. The van der Waals surface area contributed by atoms with Gasteiger partial charge in [0.2, 0.25) is 11.4 Å². The highest BCUT2D eigenvalue weighted by Crippen LogP contribution is 2.49. The summed E-state index contributed by atoms with van der Waals surface area (Å²) in [6.45, 7) is 3.79. The summed E-state index contributed by atoms with van der Waals surface area (Å²) in [7, 11) is 1.23. The van der Waals surface area contributed by atoms with Gasteiger partial charge < -0.3 is 9.47 Å². The van der Waals surface area contributed by atoms with Crippen molar-refractivity contribution >= 4 is 17.7 Å². The molecule has 3 heterocycles. The van der Waals surface area contributed by atoms with E-state index in [9.17, 15) is 14.4 Å². The molecule has 1 aromatic carbocycles. The van der Waals surface area contributed by atoms with Crippen LogP contribution in [-0.2, 0) is 35.7 Å². The van der Waals surface area contributed by atoms with Gasteiger partial charge in [0.15, 0.2) is 5.78 Å². The Morgan fingerprint density at radius 2 is 1.90 bits per heavy atom. The summed E-state index contributed by atoms with van der Waals surface area (Å²) in [5.41, 5.74) is -2.24. The highest BCUT2D eigenvalue weighted by molar-refractivity contribution is 6.29. The lowest BCUT2D eigenvalue weighted by atomic mass is 9.70. The van der Waals surface area contributed by atoms with Crippen LogP contribution in [0, 0.1) is 5.92 Å². The van der Waals surface area contributed by atoms with Gasteiger partial charge in [-0.3, -0.25) is 19.5 Å². The van der Waals surface area contributed by atoms with E-state index in [1.165, 1.54) is 12.0 Å². The summed E-state index contributed by atoms with van der Waals surface area (Å²) in [6.07, 6.45) is 1.51. The van der Waals surface area contributed by atoms with Crippen LogP contribution >= 0.6 is 0 Å². The van der Waals surface area contributed by atoms with E-state index in [-0.39, 0.29) is 18.9 Å². The summed E-state index contributed by atoms with van der Waals surface area (Å²) in [6, 6.07) is 14.3. The number of aromatic nitrogens is 1. The normalized spacial score (nSPS) is 27.6. The maximum Gasteiger partial charge on any atom is 0.342 e. The highest BCUT2D eigenvalue weighted by atomic mass is 16.6. The van der Waals surface area contributed by atoms with Gasteiger partial charge in [-0.05, 0) is 30.0 Å². The molecule has 0 bridgehead atoms. The van der Waals surface area contributed by atoms with E-state index >= 15 is 0 Å². The third-order valence-electron chi connectivity index (χ3n) is 6.17. The molecule has 162 valence electrons. The maximum absolute atomic E-state index is 14.2. The van der Waals surface area contributed by atoms with Crippen LogP contribution in [0.1, 0.15) is 31.5 Å². The number of esters is 1. The van der Waals surface area contributed by atoms with Gasteiger partial charge in [-0.1, -0.05) is 50.2 Å². The van der Waals surface area contributed by atoms with E-state index in [2.05, 4.69) is 4.98 Å². The second-order valence-corrected chi connectivity index (χ2v) is 8.52. The molecule has 0 saturated carbocycles. The number of hydrogen-bond donors (Lipinski definition) is 0. The second-order valence-electron chi connectivity index (χ2n) is 8.52. The Kier molecular flexibility index (Phi) is 5.39. The number of methoxy groups -OCH3 is 1. The molecule has 0 aliphatic carbocycles. The molecule has 0 N–H and O–H groups in total. The molecule has 1 aromatic heterocycles. The number of ketones is 1. The summed E-state index contributed by atoms with van der Waals surface area (Å²) in [5.74, 6) is -1.53. The number of hydrogen-bond acceptors (Lipinski definition) is 6. The number of rotatable bonds is 6. The number of Topliss-reactive ketones (excluding diaryl/α,β-unsaturated/α-hetero) is 1. The Hall–Kier alpha value is -3.06. The highest BCUT2D eigenvalue weighted by Gasteiger charge is 2.75. The summed E-state index contributed by atoms with van der Waals surface area (Å²) in [5, 5.41) is 0. The first-order valence-electron chi connectivity index (χ1n) is 10.4. The molecule has 1 amide bonds. The largest absolute Gasteiger partial charge is 0.467 e. The Morgan fingerprint density at radius 3 is 2.52 bits per heavy atom. The van der Waals surface area contributed by atoms with Gasteiger partial charge >= 0.3 is 5.97 Å². The van der Waals surface area contributed by atoms with Crippen LogP contribution in [0.4, 0.5) is 0 Å². The van der Waals surface area contributed by atoms with Crippen molar-refractivity contribution in [2.24, 2.45) is 5.92 Å². The fourth-order valence-corrected chi connectivity index (χ4v) is 4.75. The van der Waals surface area contributed by atoms with Crippen molar-refractivity contribution < 1.29 is 23.9 Å². The van der Waals surface area contributed by atoms with Crippen LogP contribution in [0.2, 0.25) is 0 Å². The Labute approximate surface area is 181 Å². The zero-order chi connectivity index (χ0) is 22.2. The van der Waals surface area contributed by atoms with Crippen molar-refractivity contribution in [1.29, 1.82) is 0 Å². The standard InChI is InChI=1S/C24H26N2O5/c1-16(2)13-19-26-21(28)23(17-9-5-4-6-10-17,14-18-11-7-8-12-25-18)20(27)24(26,15-31-19)22(29)30-3/h4-12,16,19H,13-15H2,1-3H3/t19-,23+,24-/m1/s1. The minimum absolute atomic E-state index is 0.0547. The van der Waals surface area contributed by atoms with Crippen LogP contribution in [0.25, 0.3) is 0 Å². The van der Waals surface area contributed by atoms with Crippen molar-refractivity contribution in [2.45, 2.75) is 43.9 Å². The van der Waals surface area contributed by atoms with E-state index in [4.69, 9.17) is 9.47 Å². The molecule has 2 aliphatic rings. The number of carbonyl (C=O) groups is 3. The Balaban J connectivity index is 1.92.